The Morgan fingerprint density at radius 2 is 1.60 bits per heavy atom. The van der Waals surface area contributed by atoms with E-state index in [2.05, 4.69) is 0 Å². The molecule has 0 aliphatic rings. The van der Waals surface area contributed by atoms with E-state index in [4.69, 9.17) is 15.0 Å². The van der Waals surface area contributed by atoms with Crippen molar-refractivity contribution in [2.45, 2.75) is 0 Å². The zero-order valence-electron chi connectivity index (χ0n) is 2.80. The van der Waals surface area contributed by atoms with Gasteiger partial charge in [0, 0.05) is 52.8 Å². The molecule has 0 aromatic heterocycles. The molecule has 0 bridgehead atoms. The van der Waals surface area contributed by atoms with Crippen molar-refractivity contribution in [3.8, 4) is 0 Å². The van der Waals surface area contributed by atoms with E-state index in [1.807, 2.05) is 0 Å². The Bertz CT molecular complexity index is 33.8. The summed E-state index contributed by atoms with van der Waals surface area (Å²) in [5.41, 5.74) is 0. The molecule has 27 valence electrons. The van der Waals surface area contributed by atoms with E-state index in [9.17, 15) is 0 Å². The van der Waals surface area contributed by atoms with E-state index in [1.165, 1.54) is 0 Å². The summed E-state index contributed by atoms with van der Waals surface area (Å²) in [6, 6.07) is 0. The van der Waals surface area contributed by atoms with Crippen LogP contribution in [0, 0.1) is 0 Å². The van der Waals surface area contributed by atoms with E-state index < -0.39 is 6.16 Å². The third kappa shape index (κ3) is 50.4. The average molecular weight is 103 g/mol. The predicted octanol–water partition coefficient (Wildman–Crippen LogP) is 0.0876. The molecule has 0 rings (SSSR count). The zero-order chi connectivity index (χ0) is 3.58. The van der Waals surface area contributed by atoms with Crippen LogP contribution in [0.2, 0.25) is 0 Å². The first-order valence-electron chi connectivity index (χ1n) is 0.651. The number of rotatable bonds is 0. The molecule has 0 saturated carbocycles. The van der Waals surface area contributed by atoms with Gasteiger partial charge in [-0.15, -0.1) is 0 Å². The molecule has 0 aliphatic carbocycles. The first-order chi connectivity index (χ1) is 1.73. The summed E-state index contributed by atoms with van der Waals surface area (Å²) in [5.74, 6) is 0. The molecular weight excluding hydrogens is 99.1 g/mol. The molecule has 3 nitrogen and oxygen atoms in total. The molecule has 0 atom stereocenters. The van der Waals surface area contributed by atoms with E-state index in [0.29, 0.717) is 0 Å². The van der Waals surface area contributed by atoms with Crippen molar-refractivity contribution in [2.24, 2.45) is 0 Å². The van der Waals surface area contributed by atoms with Gasteiger partial charge in [0.2, 0.25) is 0 Å². The predicted molar refractivity (Wildman–Crippen MR) is 18.5 cm³/mol. The van der Waals surface area contributed by atoms with Gasteiger partial charge in [0.25, 0.3) is 0 Å². The molecule has 0 fully saturated rings. The summed E-state index contributed by atoms with van der Waals surface area (Å²) in [6.07, 6.45) is -1.83. The van der Waals surface area contributed by atoms with Gasteiger partial charge in [-0.1, -0.05) is 0 Å². The monoisotopic (exact) mass is 103 g/mol. The van der Waals surface area contributed by atoms with Gasteiger partial charge >= 0.3 is 6.16 Å². The average Bonchev–Trinajstić information content (AvgIpc) is 0.811. The van der Waals surface area contributed by atoms with Crippen molar-refractivity contribution in [1.29, 1.82) is 0 Å². The summed E-state index contributed by atoms with van der Waals surface area (Å²) in [4.78, 5) is 8.56. The summed E-state index contributed by atoms with van der Waals surface area (Å²) in [7, 11) is 0. The fourth-order valence-electron chi connectivity index (χ4n) is 0. The minimum atomic E-state index is -1.83. The van der Waals surface area contributed by atoms with Crippen LogP contribution in [0.5, 0.6) is 0 Å². The molecule has 0 heterocycles. The fraction of sp³-hybridized carbons (Fsp3) is 0. The van der Waals surface area contributed by atoms with Crippen LogP contribution in [0.3, 0.4) is 0 Å². The van der Waals surface area contributed by atoms with Crippen LogP contribution in [0.15, 0.2) is 0 Å². The zero-order valence-corrected chi connectivity index (χ0v) is 5.93. The molecule has 1 radical (unpaired) electrons. The van der Waals surface area contributed by atoms with Crippen molar-refractivity contribution in [1.82, 2.24) is 0 Å². The Balaban J connectivity index is -0.0000000450. The minimum absolute atomic E-state index is 0. The molecule has 0 aliphatic heterocycles. The smallest absolute Gasteiger partial charge is 0.450 e. The van der Waals surface area contributed by atoms with Gasteiger partial charge in [0.1, 0.15) is 0 Å². The normalized spacial score (nSPS) is 4.80. The van der Waals surface area contributed by atoms with Crippen LogP contribution in [0.4, 0.5) is 4.79 Å². The molecule has 0 unspecified atom stereocenters. The quantitative estimate of drug-likeness (QED) is 0.427. The number of hydrogen-bond acceptors (Lipinski definition) is 1. The maximum Gasteiger partial charge on any atom is 0.503 e. The summed E-state index contributed by atoms with van der Waals surface area (Å²) < 4.78 is 0. The first kappa shape index (κ1) is 9.32. The van der Waals surface area contributed by atoms with Crippen molar-refractivity contribution in [3.05, 3.63) is 0 Å². The van der Waals surface area contributed by atoms with Crippen molar-refractivity contribution < 1.29 is 16.4 Å². The van der Waals surface area contributed by atoms with Crippen LogP contribution < -0.4 is 0 Å². The second-order valence-electron chi connectivity index (χ2n) is 0.283. The fourth-order valence-corrected chi connectivity index (χ4v) is 0. The molecule has 2 N–H and O–H groups in total. The third-order valence-corrected chi connectivity index (χ3v) is 0. The van der Waals surface area contributed by atoms with E-state index >= 15 is 0 Å². The number of hydrogen-bond donors (Lipinski definition) is 2. The summed E-state index contributed by atoms with van der Waals surface area (Å²) >= 11 is 0. The second-order valence-corrected chi connectivity index (χ2v) is 0.283. The molecule has 0 spiro atoms. The van der Waals surface area contributed by atoms with Crippen LogP contribution in [0.25, 0.3) is 0 Å². The SMILES string of the molecule is O=C(O)O.[HH].[K]. The topological polar surface area (TPSA) is 57.5 Å². The van der Waals surface area contributed by atoms with Crippen LogP contribution in [-0.2, 0) is 0 Å². The van der Waals surface area contributed by atoms with Gasteiger partial charge in [-0.25, -0.2) is 4.79 Å². The van der Waals surface area contributed by atoms with Gasteiger partial charge in [0.05, 0.1) is 0 Å². The molecule has 0 aromatic carbocycles. The van der Waals surface area contributed by atoms with Gasteiger partial charge in [0.15, 0.2) is 0 Å². The van der Waals surface area contributed by atoms with Crippen LogP contribution >= 0.6 is 0 Å². The summed E-state index contributed by atoms with van der Waals surface area (Å²) in [5, 5.41) is 13.9. The van der Waals surface area contributed by atoms with Crippen molar-refractivity contribution in [3.63, 3.8) is 0 Å². The van der Waals surface area contributed by atoms with E-state index in [0.717, 1.165) is 0 Å². The largest absolute Gasteiger partial charge is 0.503 e. The number of carboxylic acid groups (broad SMARTS) is 2. The van der Waals surface area contributed by atoms with Crippen molar-refractivity contribution >= 4 is 57.5 Å². The third-order valence-electron chi connectivity index (χ3n) is 0. The van der Waals surface area contributed by atoms with Crippen LogP contribution in [0.1, 0.15) is 1.43 Å². The Hall–Kier alpha value is 0.906. The van der Waals surface area contributed by atoms with Gasteiger partial charge in [-0.3, -0.25) is 0 Å². The Labute approximate surface area is 72.9 Å². The van der Waals surface area contributed by atoms with Crippen LogP contribution in [-0.4, -0.2) is 67.8 Å². The van der Waals surface area contributed by atoms with Gasteiger partial charge in [-0.05, 0) is 0 Å². The molecule has 4 heteroatoms. The van der Waals surface area contributed by atoms with Crippen molar-refractivity contribution in [2.75, 3.05) is 0 Å². The standard InChI is InChI=1S/CH2O3.K.H2/c2-1(3)4;;/h(H2,2,3,4);;1H. The molecule has 0 saturated heterocycles. The molecule has 0 amide bonds. The minimum Gasteiger partial charge on any atom is -0.450 e. The summed E-state index contributed by atoms with van der Waals surface area (Å²) in [6.45, 7) is 0. The van der Waals surface area contributed by atoms with Gasteiger partial charge in [-0.2, -0.15) is 0 Å². The van der Waals surface area contributed by atoms with Gasteiger partial charge < -0.3 is 10.2 Å². The second kappa shape index (κ2) is 4.91. The molecular formula is CH4KO3. The maximum absolute atomic E-state index is 8.56. The maximum atomic E-state index is 8.56. The first-order valence-corrected chi connectivity index (χ1v) is 0.651. The van der Waals surface area contributed by atoms with E-state index in [1.54, 1.807) is 0 Å². The number of carbonyl (C=O) groups is 1. The van der Waals surface area contributed by atoms with E-state index in [-0.39, 0.29) is 52.8 Å². The Morgan fingerprint density at radius 1 is 1.60 bits per heavy atom. The molecule has 0 aromatic rings. The Kier molecular flexibility index (Phi) is 9.14. The Morgan fingerprint density at radius 3 is 1.60 bits per heavy atom. The molecule has 5 heavy (non-hydrogen) atoms.